The average molecular weight is 395 g/mol. The number of benzene rings is 3. The highest BCUT2D eigenvalue weighted by Gasteiger charge is 2.15. The zero-order valence-electron chi connectivity index (χ0n) is 16.6. The van der Waals surface area contributed by atoms with E-state index in [4.69, 9.17) is 9.72 Å². The molecular weight excluding hydrogens is 374 g/mol. The van der Waals surface area contributed by atoms with Gasteiger partial charge in [0.15, 0.2) is 5.65 Å². The summed E-state index contributed by atoms with van der Waals surface area (Å²) in [5, 5.41) is 13.3. The molecule has 0 amide bonds. The summed E-state index contributed by atoms with van der Waals surface area (Å²) in [5.74, 6) is 1.68. The number of nitrogens with zero attached hydrogens (tertiary/aromatic N) is 4. The number of nitrogens with one attached hydrogen (secondary N) is 1. The highest BCUT2D eigenvalue weighted by Crippen LogP contribution is 2.28. The highest BCUT2D eigenvalue weighted by molar-refractivity contribution is 5.93. The third kappa shape index (κ3) is 3.33. The zero-order chi connectivity index (χ0) is 20.3. The largest absolute Gasteiger partial charge is 0.494 e. The Morgan fingerprint density at radius 2 is 1.77 bits per heavy atom. The predicted octanol–water partition coefficient (Wildman–Crippen LogP) is 4.96. The van der Waals surface area contributed by atoms with Crippen LogP contribution in [0.4, 0.5) is 5.82 Å². The summed E-state index contributed by atoms with van der Waals surface area (Å²) in [4.78, 5) is 4.91. The lowest BCUT2D eigenvalue weighted by atomic mass is 10.1. The fourth-order valence-electron chi connectivity index (χ4n) is 3.58. The Kier molecular flexibility index (Phi) is 4.73. The van der Waals surface area contributed by atoms with Crippen LogP contribution in [0.25, 0.3) is 27.8 Å². The molecule has 0 spiro atoms. The van der Waals surface area contributed by atoms with Crippen LogP contribution in [0, 0.1) is 0 Å². The first kappa shape index (κ1) is 18.1. The molecule has 6 heteroatoms. The molecule has 5 rings (SSSR count). The number of fused-ring (bicyclic) bond motifs is 3. The summed E-state index contributed by atoms with van der Waals surface area (Å²) in [6.07, 6.45) is 0. The molecule has 148 valence electrons. The van der Waals surface area contributed by atoms with Crippen molar-refractivity contribution in [2.24, 2.45) is 0 Å². The first-order valence-corrected chi connectivity index (χ1v) is 9.98. The van der Waals surface area contributed by atoms with Crippen molar-refractivity contribution >= 4 is 22.4 Å². The summed E-state index contributed by atoms with van der Waals surface area (Å²) < 4.78 is 7.42. The van der Waals surface area contributed by atoms with Crippen LogP contribution in [0.2, 0.25) is 0 Å². The first-order chi connectivity index (χ1) is 14.8. The van der Waals surface area contributed by atoms with Crippen LogP contribution in [-0.2, 0) is 6.54 Å². The second-order valence-corrected chi connectivity index (χ2v) is 6.95. The minimum absolute atomic E-state index is 0.635. The van der Waals surface area contributed by atoms with Gasteiger partial charge in [0.05, 0.1) is 12.1 Å². The van der Waals surface area contributed by atoms with Gasteiger partial charge in [-0.1, -0.05) is 59.8 Å². The molecule has 0 fully saturated rings. The summed E-state index contributed by atoms with van der Waals surface area (Å²) in [5.41, 5.74) is 4.57. The monoisotopic (exact) mass is 395 g/mol. The van der Waals surface area contributed by atoms with E-state index in [1.54, 1.807) is 4.52 Å². The van der Waals surface area contributed by atoms with E-state index >= 15 is 0 Å². The Balaban J connectivity index is 1.57. The van der Waals surface area contributed by atoms with E-state index in [2.05, 4.69) is 21.7 Å². The number of ether oxygens (including phenoxy) is 1. The second kappa shape index (κ2) is 7.83. The van der Waals surface area contributed by atoms with E-state index < -0.39 is 0 Å². The van der Waals surface area contributed by atoms with Crippen LogP contribution in [0.1, 0.15) is 12.5 Å². The van der Waals surface area contributed by atoms with E-state index in [0.29, 0.717) is 13.2 Å². The van der Waals surface area contributed by atoms with Crippen LogP contribution in [0.15, 0.2) is 78.9 Å². The van der Waals surface area contributed by atoms with Crippen LogP contribution in [-0.4, -0.2) is 26.4 Å². The molecule has 0 saturated heterocycles. The van der Waals surface area contributed by atoms with Crippen molar-refractivity contribution in [1.29, 1.82) is 0 Å². The first-order valence-electron chi connectivity index (χ1n) is 9.98. The van der Waals surface area contributed by atoms with E-state index in [1.165, 1.54) is 0 Å². The normalized spacial score (nSPS) is 11.1. The maximum Gasteiger partial charge on any atom is 0.186 e. The van der Waals surface area contributed by atoms with Gasteiger partial charge in [-0.05, 0) is 36.8 Å². The molecule has 0 aliphatic carbocycles. The second-order valence-electron chi connectivity index (χ2n) is 6.95. The van der Waals surface area contributed by atoms with Gasteiger partial charge in [-0.25, -0.2) is 4.98 Å². The van der Waals surface area contributed by atoms with E-state index in [0.717, 1.165) is 44.9 Å². The quantitative estimate of drug-likeness (QED) is 0.440. The van der Waals surface area contributed by atoms with Crippen molar-refractivity contribution in [1.82, 2.24) is 19.8 Å². The summed E-state index contributed by atoms with van der Waals surface area (Å²) in [6.45, 7) is 3.27. The smallest absolute Gasteiger partial charge is 0.186 e. The molecular formula is C24H21N5O. The molecule has 3 aromatic carbocycles. The molecule has 2 aromatic heterocycles. The molecule has 6 nitrogen and oxygen atoms in total. The van der Waals surface area contributed by atoms with Crippen LogP contribution >= 0.6 is 0 Å². The van der Waals surface area contributed by atoms with E-state index in [-0.39, 0.29) is 0 Å². The zero-order valence-corrected chi connectivity index (χ0v) is 16.6. The molecule has 5 aromatic rings. The molecule has 30 heavy (non-hydrogen) atoms. The lowest BCUT2D eigenvalue weighted by molar-refractivity contribution is 0.340. The highest BCUT2D eigenvalue weighted by atomic mass is 16.5. The van der Waals surface area contributed by atoms with Gasteiger partial charge in [-0.3, -0.25) is 0 Å². The topological polar surface area (TPSA) is 64.3 Å². The molecule has 1 N–H and O–H groups in total. The Morgan fingerprint density at radius 3 is 2.63 bits per heavy atom. The predicted molar refractivity (Wildman–Crippen MR) is 119 cm³/mol. The van der Waals surface area contributed by atoms with Crippen LogP contribution in [0.5, 0.6) is 5.75 Å². The number of hydrogen-bond donors (Lipinski definition) is 1. The Labute approximate surface area is 174 Å². The van der Waals surface area contributed by atoms with Crippen molar-refractivity contribution in [3.8, 4) is 17.0 Å². The van der Waals surface area contributed by atoms with E-state index in [1.807, 2.05) is 79.7 Å². The number of anilines is 1. The lowest BCUT2D eigenvalue weighted by Gasteiger charge is -2.11. The Hall–Kier alpha value is -3.93. The van der Waals surface area contributed by atoms with Crippen molar-refractivity contribution in [3.63, 3.8) is 0 Å². The molecule has 0 bridgehead atoms. The molecule has 0 saturated carbocycles. The van der Waals surface area contributed by atoms with Gasteiger partial charge in [0.25, 0.3) is 0 Å². The third-order valence-electron chi connectivity index (χ3n) is 4.97. The van der Waals surface area contributed by atoms with Gasteiger partial charge >= 0.3 is 0 Å². The van der Waals surface area contributed by atoms with Crippen molar-refractivity contribution in [2.45, 2.75) is 13.5 Å². The maximum absolute atomic E-state index is 5.62. The Morgan fingerprint density at radius 1 is 0.933 bits per heavy atom. The molecule has 2 heterocycles. The fourth-order valence-corrected chi connectivity index (χ4v) is 3.58. The maximum atomic E-state index is 5.62. The van der Waals surface area contributed by atoms with Gasteiger partial charge < -0.3 is 10.1 Å². The van der Waals surface area contributed by atoms with Crippen molar-refractivity contribution in [3.05, 3.63) is 84.4 Å². The Bertz CT molecular complexity index is 1310. The standard InChI is InChI=1S/C24H21N5O/c1-2-30-19-12-8-9-17(15-19)16-25-23-20-13-6-7-14-21(20)29-24(26-23)22(27-28-29)18-10-4-3-5-11-18/h3-15H,2,16H2,1H3,(H,25,26). The summed E-state index contributed by atoms with van der Waals surface area (Å²) in [6, 6.07) is 26.2. The van der Waals surface area contributed by atoms with Crippen molar-refractivity contribution < 1.29 is 4.74 Å². The van der Waals surface area contributed by atoms with Gasteiger partial charge in [0.1, 0.15) is 17.3 Å². The number of para-hydroxylation sites is 1. The van der Waals surface area contributed by atoms with Crippen LogP contribution < -0.4 is 10.1 Å². The van der Waals surface area contributed by atoms with E-state index in [9.17, 15) is 0 Å². The SMILES string of the molecule is CCOc1cccc(CNc2nc3c(-c4ccccc4)nnn3c3ccccc23)c1. The third-order valence-corrected chi connectivity index (χ3v) is 4.97. The van der Waals surface area contributed by atoms with Gasteiger partial charge in [-0.2, -0.15) is 4.52 Å². The fraction of sp³-hybridized carbons (Fsp3) is 0.125. The number of rotatable bonds is 6. The number of hydrogen-bond acceptors (Lipinski definition) is 5. The van der Waals surface area contributed by atoms with Crippen molar-refractivity contribution in [2.75, 3.05) is 11.9 Å². The van der Waals surface area contributed by atoms with Gasteiger partial charge in [0, 0.05) is 17.5 Å². The number of aromatic nitrogens is 4. The minimum atomic E-state index is 0.635. The molecule has 0 aliphatic heterocycles. The minimum Gasteiger partial charge on any atom is -0.494 e. The molecule has 0 atom stereocenters. The molecule has 0 aliphatic rings. The summed E-state index contributed by atoms with van der Waals surface area (Å²) >= 11 is 0. The van der Waals surface area contributed by atoms with Gasteiger partial charge in [0.2, 0.25) is 0 Å². The average Bonchev–Trinajstić information content (AvgIpc) is 3.23. The van der Waals surface area contributed by atoms with Gasteiger partial charge in [-0.15, -0.1) is 5.10 Å². The molecule has 0 unspecified atom stereocenters. The summed E-state index contributed by atoms with van der Waals surface area (Å²) in [7, 11) is 0. The van der Waals surface area contributed by atoms with Crippen LogP contribution in [0.3, 0.4) is 0 Å². The molecule has 0 radical (unpaired) electrons. The lowest BCUT2D eigenvalue weighted by Crippen LogP contribution is -2.05.